The minimum atomic E-state index is 0.764. The molecule has 1 fully saturated rings. The van der Waals surface area contributed by atoms with Crippen LogP contribution in [-0.2, 0) is 6.42 Å². The molecule has 1 aliphatic rings. The third kappa shape index (κ3) is 5.59. The van der Waals surface area contributed by atoms with Crippen LogP contribution in [0.4, 0.5) is 5.69 Å². The molecule has 5 aromatic rings. The molecule has 0 unspecified atom stereocenters. The van der Waals surface area contributed by atoms with Crippen LogP contribution in [0.2, 0.25) is 0 Å². The molecule has 6 nitrogen and oxygen atoms in total. The molecule has 0 saturated carbocycles. The third-order valence-electron chi connectivity index (χ3n) is 7.26. The summed E-state index contributed by atoms with van der Waals surface area (Å²) in [6.45, 7) is 7.61. The Bertz CT molecular complexity index is 1400. The molecular formula is C31H36N4O2. The smallest absolute Gasteiger partial charge is 0.162 e. The number of aromatic amines is 2. The van der Waals surface area contributed by atoms with Crippen LogP contribution in [-0.4, -0.2) is 61.8 Å². The van der Waals surface area contributed by atoms with Gasteiger partial charge in [0, 0.05) is 72.8 Å². The van der Waals surface area contributed by atoms with Gasteiger partial charge in [0.15, 0.2) is 11.5 Å². The Hall–Kier alpha value is -3.90. The summed E-state index contributed by atoms with van der Waals surface area (Å²) in [7, 11) is 3.37. The van der Waals surface area contributed by atoms with Crippen molar-refractivity contribution in [1.29, 1.82) is 0 Å². The Labute approximate surface area is 218 Å². The predicted molar refractivity (Wildman–Crippen MR) is 153 cm³/mol. The van der Waals surface area contributed by atoms with Gasteiger partial charge < -0.3 is 24.3 Å². The third-order valence-corrected chi connectivity index (χ3v) is 7.26. The van der Waals surface area contributed by atoms with Gasteiger partial charge in [-0.3, -0.25) is 4.90 Å². The van der Waals surface area contributed by atoms with Gasteiger partial charge >= 0.3 is 0 Å². The summed E-state index contributed by atoms with van der Waals surface area (Å²) in [6, 6.07) is 25.1. The first-order chi connectivity index (χ1) is 18.2. The lowest BCUT2D eigenvalue weighted by atomic mass is 10.1. The van der Waals surface area contributed by atoms with Crippen molar-refractivity contribution in [2.45, 2.75) is 13.3 Å². The number of nitrogens with one attached hydrogen (secondary N) is 2. The number of nitrogens with zero attached hydrogens (tertiary/aromatic N) is 2. The predicted octanol–water partition coefficient (Wildman–Crippen LogP) is 6.03. The Kier molecular flexibility index (Phi) is 7.66. The number of anilines is 1. The van der Waals surface area contributed by atoms with Gasteiger partial charge in [-0.05, 0) is 54.6 Å². The van der Waals surface area contributed by atoms with Crippen molar-refractivity contribution in [2.24, 2.45) is 0 Å². The molecule has 0 aliphatic carbocycles. The summed E-state index contributed by atoms with van der Waals surface area (Å²) in [4.78, 5) is 11.7. The molecule has 3 aromatic carbocycles. The summed E-state index contributed by atoms with van der Waals surface area (Å²) in [6.07, 6.45) is 2.98. The van der Waals surface area contributed by atoms with Crippen molar-refractivity contribution in [3.8, 4) is 11.5 Å². The lowest BCUT2D eigenvalue weighted by Gasteiger charge is -2.36. The summed E-state index contributed by atoms with van der Waals surface area (Å²) < 4.78 is 10.9. The van der Waals surface area contributed by atoms with Gasteiger partial charge in [-0.2, -0.15) is 0 Å². The van der Waals surface area contributed by atoms with Crippen LogP contribution < -0.4 is 14.4 Å². The van der Waals surface area contributed by atoms with E-state index in [0.717, 1.165) is 56.2 Å². The molecule has 2 aromatic heterocycles. The molecule has 0 bridgehead atoms. The van der Waals surface area contributed by atoms with Crippen LogP contribution in [0.15, 0.2) is 79.0 Å². The molecule has 6 rings (SSSR count). The topological polar surface area (TPSA) is 56.5 Å². The van der Waals surface area contributed by atoms with Gasteiger partial charge in [-0.15, -0.1) is 0 Å². The molecule has 1 aliphatic heterocycles. The van der Waals surface area contributed by atoms with E-state index in [9.17, 15) is 0 Å². The minimum absolute atomic E-state index is 0.764. The number of ether oxygens (including phenoxy) is 2. The molecule has 37 heavy (non-hydrogen) atoms. The second-order valence-corrected chi connectivity index (χ2v) is 9.46. The lowest BCUT2D eigenvalue weighted by molar-refractivity contribution is 0.261. The number of piperazine rings is 1. The fourth-order valence-corrected chi connectivity index (χ4v) is 5.17. The first kappa shape index (κ1) is 24.8. The van der Waals surface area contributed by atoms with E-state index in [4.69, 9.17) is 9.47 Å². The second-order valence-electron chi connectivity index (χ2n) is 9.46. The molecule has 0 amide bonds. The van der Waals surface area contributed by atoms with Gasteiger partial charge in [0.05, 0.1) is 14.2 Å². The van der Waals surface area contributed by atoms with Crippen molar-refractivity contribution in [2.75, 3.05) is 51.8 Å². The monoisotopic (exact) mass is 496 g/mol. The minimum Gasteiger partial charge on any atom is -0.493 e. The molecule has 1 saturated heterocycles. The average Bonchev–Trinajstić information content (AvgIpc) is 3.55. The normalized spacial score (nSPS) is 14.0. The number of aromatic nitrogens is 2. The SMILES string of the molecule is COc1cc2[nH]c(C)c(CCN3CCN(c4ccccc4)CC3)c2cc1OC.c1ccc2[nH]ccc2c1. The summed E-state index contributed by atoms with van der Waals surface area (Å²) in [5.74, 6) is 1.55. The number of hydrogen-bond acceptors (Lipinski definition) is 4. The quantitative estimate of drug-likeness (QED) is 0.302. The molecule has 6 heteroatoms. The van der Waals surface area contributed by atoms with Crippen LogP contribution in [0.25, 0.3) is 21.8 Å². The zero-order chi connectivity index (χ0) is 25.6. The molecular weight excluding hydrogens is 460 g/mol. The fourth-order valence-electron chi connectivity index (χ4n) is 5.17. The van der Waals surface area contributed by atoms with Crippen LogP contribution >= 0.6 is 0 Å². The first-order valence-corrected chi connectivity index (χ1v) is 12.9. The number of rotatable bonds is 6. The van der Waals surface area contributed by atoms with E-state index in [1.54, 1.807) is 14.2 Å². The number of H-pyrrole nitrogens is 2. The van der Waals surface area contributed by atoms with Crippen molar-refractivity contribution in [1.82, 2.24) is 14.9 Å². The lowest BCUT2D eigenvalue weighted by Crippen LogP contribution is -2.47. The van der Waals surface area contributed by atoms with Gasteiger partial charge in [0.2, 0.25) is 0 Å². The van der Waals surface area contributed by atoms with Crippen molar-refractivity contribution in [3.63, 3.8) is 0 Å². The molecule has 3 heterocycles. The van der Waals surface area contributed by atoms with Gasteiger partial charge in [0.1, 0.15) is 0 Å². The summed E-state index contributed by atoms with van der Waals surface area (Å²) >= 11 is 0. The maximum atomic E-state index is 5.50. The number of fused-ring (bicyclic) bond motifs is 2. The highest BCUT2D eigenvalue weighted by Crippen LogP contribution is 2.34. The zero-order valence-corrected chi connectivity index (χ0v) is 22.0. The number of methoxy groups -OCH3 is 2. The van der Waals surface area contributed by atoms with Crippen molar-refractivity contribution < 1.29 is 9.47 Å². The van der Waals surface area contributed by atoms with E-state index in [0.29, 0.717) is 0 Å². The Morgan fingerprint density at radius 1 is 0.784 bits per heavy atom. The molecule has 192 valence electrons. The van der Waals surface area contributed by atoms with Crippen LogP contribution in [0.3, 0.4) is 0 Å². The van der Waals surface area contributed by atoms with Crippen LogP contribution in [0.1, 0.15) is 11.3 Å². The number of hydrogen-bond donors (Lipinski definition) is 2. The second kappa shape index (κ2) is 11.4. The highest BCUT2D eigenvalue weighted by molar-refractivity contribution is 5.88. The number of aryl methyl sites for hydroxylation is 1. The number of benzene rings is 3. The van der Waals surface area contributed by atoms with E-state index in [1.807, 2.05) is 24.4 Å². The van der Waals surface area contributed by atoms with Crippen molar-refractivity contribution in [3.05, 3.63) is 90.3 Å². The van der Waals surface area contributed by atoms with Crippen LogP contribution in [0, 0.1) is 6.92 Å². The largest absolute Gasteiger partial charge is 0.493 e. The molecule has 0 spiro atoms. The van der Waals surface area contributed by atoms with E-state index >= 15 is 0 Å². The highest BCUT2D eigenvalue weighted by Gasteiger charge is 2.19. The Morgan fingerprint density at radius 2 is 1.49 bits per heavy atom. The molecule has 2 N–H and O–H groups in total. The maximum absolute atomic E-state index is 5.50. The fraction of sp³-hybridized carbons (Fsp3) is 0.290. The summed E-state index contributed by atoms with van der Waals surface area (Å²) in [5, 5.41) is 2.51. The number of para-hydroxylation sites is 2. The molecule has 0 atom stereocenters. The van der Waals surface area contributed by atoms with E-state index in [-0.39, 0.29) is 0 Å². The van der Waals surface area contributed by atoms with Gasteiger partial charge in [-0.25, -0.2) is 0 Å². The first-order valence-electron chi connectivity index (χ1n) is 12.9. The average molecular weight is 497 g/mol. The molecule has 0 radical (unpaired) electrons. The van der Waals surface area contributed by atoms with E-state index in [1.165, 1.54) is 33.2 Å². The van der Waals surface area contributed by atoms with Crippen molar-refractivity contribution >= 4 is 27.5 Å². The zero-order valence-electron chi connectivity index (χ0n) is 22.0. The maximum Gasteiger partial charge on any atom is 0.162 e. The standard InChI is InChI=1S/C23H29N3O2.C8H7N/c1-17-19(20-15-22(27-2)23(28-3)16-21(20)24-17)9-10-25-11-13-26(14-12-25)18-7-5-4-6-8-18;1-2-4-8-7(3-1)5-6-9-8/h4-8,15-16,24H,9-14H2,1-3H3;1-6,9H. The van der Waals surface area contributed by atoms with Gasteiger partial charge in [0.25, 0.3) is 0 Å². The highest BCUT2D eigenvalue weighted by atomic mass is 16.5. The Balaban J connectivity index is 0.000000260. The van der Waals surface area contributed by atoms with Crippen LogP contribution in [0.5, 0.6) is 11.5 Å². The summed E-state index contributed by atoms with van der Waals surface area (Å²) in [5.41, 5.74) is 6.25. The van der Waals surface area contributed by atoms with E-state index in [2.05, 4.69) is 81.3 Å². The van der Waals surface area contributed by atoms with E-state index < -0.39 is 0 Å². The Morgan fingerprint density at radius 3 is 2.22 bits per heavy atom. The van der Waals surface area contributed by atoms with Gasteiger partial charge in [-0.1, -0.05) is 36.4 Å².